The van der Waals surface area contributed by atoms with Crippen LogP contribution in [0.4, 0.5) is 4.79 Å². The van der Waals surface area contributed by atoms with Gasteiger partial charge in [-0.25, -0.2) is 4.79 Å². The molecule has 3 aromatic carbocycles. The molecular weight excluding hydrogens is 562 g/mol. The molecule has 0 spiro atoms. The molecule has 1 fully saturated rings. The molecule has 1 amide bonds. The van der Waals surface area contributed by atoms with E-state index in [2.05, 4.69) is 0 Å². The van der Waals surface area contributed by atoms with Crippen LogP contribution in [0.5, 0.6) is 11.5 Å². The Morgan fingerprint density at radius 3 is 2.09 bits per heavy atom. The van der Waals surface area contributed by atoms with E-state index in [0.717, 1.165) is 5.56 Å². The average Bonchev–Trinajstić information content (AvgIpc) is 3.03. The Morgan fingerprint density at radius 1 is 0.841 bits per heavy atom. The highest BCUT2D eigenvalue weighted by atomic mass is 16.6. The number of hydrogen-bond donors (Lipinski definition) is 0. The van der Waals surface area contributed by atoms with Gasteiger partial charge in [-0.3, -0.25) is 9.59 Å². The summed E-state index contributed by atoms with van der Waals surface area (Å²) in [5, 5.41) is 0. The van der Waals surface area contributed by atoms with Gasteiger partial charge in [0, 0.05) is 24.2 Å². The van der Waals surface area contributed by atoms with Gasteiger partial charge < -0.3 is 28.6 Å². The van der Waals surface area contributed by atoms with Gasteiger partial charge in [-0.15, -0.1) is 0 Å². The summed E-state index contributed by atoms with van der Waals surface area (Å²) in [6.45, 7) is 7.46. The lowest BCUT2D eigenvalue weighted by Crippen LogP contribution is -2.43. The van der Waals surface area contributed by atoms with Crippen LogP contribution in [0.15, 0.2) is 78.9 Å². The molecule has 44 heavy (non-hydrogen) atoms. The van der Waals surface area contributed by atoms with Crippen molar-refractivity contribution in [2.75, 3.05) is 33.4 Å². The summed E-state index contributed by atoms with van der Waals surface area (Å²) < 4.78 is 28.1. The first kappa shape index (κ1) is 32.5. The number of amides is 1. The highest BCUT2D eigenvalue weighted by molar-refractivity contribution is 6.01. The fourth-order valence-electron chi connectivity index (χ4n) is 4.74. The van der Waals surface area contributed by atoms with E-state index in [4.69, 9.17) is 23.7 Å². The Labute approximate surface area is 259 Å². The van der Waals surface area contributed by atoms with Crippen LogP contribution >= 0.6 is 0 Å². The Bertz CT molecular complexity index is 1360. The maximum absolute atomic E-state index is 13.6. The zero-order valence-corrected chi connectivity index (χ0v) is 25.8. The van der Waals surface area contributed by atoms with Crippen molar-refractivity contribution in [3.05, 3.63) is 95.6 Å². The molecule has 0 N–H and O–H groups in total. The summed E-state index contributed by atoms with van der Waals surface area (Å²) in [6, 6.07) is 23.5. The number of rotatable bonds is 12. The Balaban J connectivity index is 1.38. The second kappa shape index (κ2) is 15.4. The van der Waals surface area contributed by atoms with Crippen molar-refractivity contribution in [2.24, 2.45) is 5.92 Å². The van der Waals surface area contributed by atoms with Gasteiger partial charge in [-0.1, -0.05) is 42.5 Å². The Kier molecular flexibility index (Phi) is 11.4. The summed E-state index contributed by atoms with van der Waals surface area (Å²) in [5.74, 6) is -0.0558. The zero-order valence-electron chi connectivity index (χ0n) is 25.8. The molecule has 234 valence electrons. The van der Waals surface area contributed by atoms with Crippen molar-refractivity contribution < 1.29 is 38.1 Å². The molecule has 9 nitrogen and oxygen atoms in total. The van der Waals surface area contributed by atoms with E-state index < -0.39 is 29.7 Å². The fraction of sp³-hybridized carbons (Fsp3) is 0.400. The summed E-state index contributed by atoms with van der Waals surface area (Å²) in [6.07, 6.45) is -0.716. The third kappa shape index (κ3) is 9.57. The molecule has 0 radical (unpaired) electrons. The number of likely N-dealkylation sites (tertiary alicyclic amines) is 1. The number of benzene rings is 3. The molecular formula is C35H41NO8. The van der Waals surface area contributed by atoms with E-state index >= 15 is 0 Å². The predicted molar refractivity (Wildman–Crippen MR) is 165 cm³/mol. The van der Waals surface area contributed by atoms with E-state index in [-0.39, 0.29) is 5.78 Å². The smallest absolute Gasteiger partial charge is 0.410 e. The maximum Gasteiger partial charge on any atom is 0.410 e. The highest BCUT2D eigenvalue weighted by Gasteiger charge is 2.34. The van der Waals surface area contributed by atoms with Gasteiger partial charge in [0.15, 0.2) is 6.10 Å². The predicted octanol–water partition coefficient (Wildman–Crippen LogP) is 6.41. The minimum absolute atomic E-state index is 0.352. The fourth-order valence-corrected chi connectivity index (χ4v) is 4.74. The van der Waals surface area contributed by atoms with Gasteiger partial charge in [0.2, 0.25) is 5.78 Å². The van der Waals surface area contributed by atoms with E-state index in [0.29, 0.717) is 68.4 Å². The second-order valence-corrected chi connectivity index (χ2v) is 11.6. The number of carbonyl (C=O) groups is 3. The van der Waals surface area contributed by atoms with E-state index in [1.807, 2.05) is 51.1 Å². The molecule has 1 aliphatic rings. The summed E-state index contributed by atoms with van der Waals surface area (Å²) >= 11 is 0. The summed E-state index contributed by atoms with van der Waals surface area (Å²) in [7, 11) is 1.55. The molecule has 1 saturated heterocycles. The molecule has 9 heteroatoms. The van der Waals surface area contributed by atoms with Gasteiger partial charge >= 0.3 is 12.1 Å². The minimum Gasteiger partial charge on any atom is -0.497 e. The van der Waals surface area contributed by atoms with Crippen LogP contribution in [-0.2, 0) is 25.6 Å². The molecule has 1 aliphatic heterocycles. The average molecular weight is 604 g/mol. The SMILES string of the molecule is COc1ccc(C(=O)C(OC(=O)C2CCN(C(=O)OC(C)(C)C)CC2)c2ccc(OCCOCc3ccccc3)cc2)cc1. The second-order valence-electron chi connectivity index (χ2n) is 11.6. The van der Waals surface area contributed by atoms with Crippen LogP contribution in [0, 0.1) is 5.92 Å². The number of carbonyl (C=O) groups excluding carboxylic acids is 3. The number of ether oxygens (including phenoxy) is 5. The van der Waals surface area contributed by atoms with Crippen molar-refractivity contribution in [3.63, 3.8) is 0 Å². The Morgan fingerprint density at radius 2 is 1.48 bits per heavy atom. The van der Waals surface area contributed by atoms with Crippen LogP contribution in [0.3, 0.4) is 0 Å². The molecule has 3 aromatic rings. The van der Waals surface area contributed by atoms with Crippen molar-refractivity contribution in [1.82, 2.24) is 4.90 Å². The molecule has 4 rings (SSSR count). The quantitative estimate of drug-likeness (QED) is 0.133. The molecule has 0 aromatic heterocycles. The monoisotopic (exact) mass is 603 g/mol. The first-order valence-corrected chi connectivity index (χ1v) is 14.8. The van der Waals surface area contributed by atoms with E-state index in [1.54, 1.807) is 60.5 Å². The number of Topliss-reactive ketones (excluding diaryl/α,β-unsaturated/α-hetero) is 1. The van der Waals surface area contributed by atoms with Crippen molar-refractivity contribution in [3.8, 4) is 11.5 Å². The lowest BCUT2D eigenvalue weighted by atomic mass is 9.96. The largest absolute Gasteiger partial charge is 0.497 e. The summed E-state index contributed by atoms with van der Waals surface area (Å²) in [4.78, 5) is 41.0. The third-order valence-electron chi connectivity index (χ3n) is 7.12. The van der Waals surface area contributed by atoms with Crippen LogP contribution in [-0.4, -0.2) is 61.8 Å². The van der Waals surface area contributed by atoms with Crippen molar-refractivity contribution in [1.29, 1.82) is 0 Å². The topological polar surface area (TPSA) is 101 Å². The minimum atomic E-state index is -1.15. The Hall–Kier alpha value is -4.37. The van der Waals surface area contributed by atoms with Crippen molar-refractivity contribution >= 4 is 17.8 Å². The van der Waals surface area contributed by atoms with Crippen LogP contribution in [0.2, 0.25) is 0 Å². The number of piperidine rings is 1. The van der Waals surface area contributed by atoms with Gasteiger partial charge in [0.25, 0.3) is 0 Å². The van der Waals surface area contributed by atoms with Crippen LogP contribution in [0.25, 0.3) is 0 Å². The van der Waals surface area contributed by atoms with E-state index in [1.165, 1.54) is 0 Å². The molecule has 1 atom stereocenters. The maximum atomic E-state index is 13.6. The van der Waals surface area contributed by atoms with Gasteiger partial charge in [-0.2, -0.15) is 0 Å². The third-order valence-corrected chi connectivity index (χ3v) is 7.12. The number of methoxy groups -OCH3 is 1. The van der Waals surface area contributed by atoms with Crippen LogP contribution in [0.1, 0.15) is 61.2 Å². The molecule has 1 heterocycles. The number of nitrogens with zero attached hydrogens (tertiary/aromatic N) is 1. The molecule has 1 unspecified atom stereocenters. The first-order chi connectivity index (χ1) is 21.1. The number of ketones is 1. The number of hydrogen-bond acceptors (Lipinski definition) is 8. The lowest BCUT2D eigenvalue weighted by molar-refractivity contribution is -0.154. The first-order valence-electron chi connectivity index (χ1n) is 14.8. The van der Waals surface area contributed by atoms with Gasteiger partial charge in [0.05, 0.1) is 26.2 Å². The van der Waals surface area contributed by atoms with Gasteiger partial charge in [0.1, 0.15) is 23.7 Å². The van der Waals surface area contributed by atoms with Gasteiger partial charge in [-0.05, 0) is 75.6 Å². The highest BCUT2D eigenvalue weighted by Crippen LogP contribution is 2.29. The molecule has 0 aliphatic carbocycles. The number of esters is 1. The molecule has 0 saturated carbocycles. The van der Waals surface area contributed by atoms with Crippen molar-refractivity contribution in [2.45, 2.75) is 51.9 Å². The molecule has 0 bridgehead atoms. The standard InChI is InChI=1S/C35H41NO8/c1-35(2,3)44-34(39)36-20-18-28(19-21-36)33(38)43-32(31(37)26-10-14-29(40-4)15-11-26)27-12-16-30(17-13-27)42-23-22-41-24-25-8-6-5-7-9-25/h5-17,28,32H,18-24H2,1-4H3. The lowest BCUT2D eigenvalue weighted by Gasteiger charge is -2.33. The summed E-state index contributed by atoms with van der Waals surface area (Å²) in [5.41, 5.74) is 1.41. The zero-order chi connectivity index (χ0) is 31.5. The normalized spacial score (nSPS) is 14.4. The van der Waals surface area contributed by atoms with E-state index in [9.17, 15) is 14.4 Å². The van der Waals surface area contributed by atoms with Crippen LogP contribution < -0.4 is 9.47 Å².